The number of esters is 1. The van der Waals surface area contributed by atoms with E-state index < -0.39 is 0 Å². The Morgan fingerprint density at radius 1 is 1.12 bits per heavy atom. The fourth-order valence-electron chi connectivity index (χ4n) is 3.47. The van der Waals surface area contributed by atoms with Crippen LogP contribution in [-0.2, 0) is 11.3 Å². The third kappa shape index (κ3) is 4.47. The highest BCUT2D eigenvalue weighted by Crippen LogP contribution is 2.31. The SMILES string of the molecule is COC(=O)c1ccc(CN2CCC([C@@H](O)c3ccccc3)CC2)cc1. The Morgan fingerprint density at radius 3 is 2.36 bits per heavy atom. The smallest absolute Gasteiger partial charge is 0.337 e. The van der Waals surface area contributed by atoms with Crippen LogP contribution in [0, 0.1) is 5.92 Å². The van der Waals surface area contributed by atoms with E-state index in [2.05, 4.69) is 4.90 Å². The van der Waals surface area contributed by atoms with Gasteiger partial charge in [0.15, 0.2) is 0 Å². The largest absolute Gasteiger partial charge is 0.465 e. The number of likely N-dealkylation sites (tertiary alicyclic amines) is 1. The molecule has 1 saturated heterocycles. The lowest BCUT2D eigenvalue weighted by atomic mass is 9.87. The van der Waals surface area contributed by atoms with E-state index in [0.29, 0.717) is 11.5 Å². The average Bonchev–Trinajstić information content (AvgIpc) is 2.68. The van der Waals surface area contributed by atoms with Gasteiger partial charge in [0, 0.05) is 6.54 Å². The Balaban J connectivity index is 1.52. The van der Waals surface area contributed by atoms with E-state index in [0.717, 1.165) is 38.0 Å². The van der Waals surface area contributed by atoms with Crippen LogP contribution >= 0.6 is 0 Å². The molecule has 1 N–H and O–H groups in total. The van der Waals surface area contributed by atoms with E-state index in [1.807, 2.05) is 54.6 Å². The second-order valence-electron chi connectivity index (χ2n) is 6.66. The van der Waals surface area contributed by atoms with Crippen molar-refractivity contribution in [3.63, 3.8) is 0 Å². The molecule has 0 saturated carbocycles. The third-order valence-electron chi connectivity index (χ3n) is 5.00. The molecule has 0 bridgehead atoms. The van der Waals surface area contributed by atoms with Crippen molar-refractivity contribution in [2.45, 2.75) is 25.5 Å². The third-order valence-corrected chi connectivity index (χ3v) is 5.00. The molecule has 0 unspecified atom stereocenters. The maximum absolute atomic E-state index is 11.5. The molecule has 0 spiro atoms. The highest BCUT2D eigenvalue weighted by Gasteiger charge is 2.26. The quantitative estimate of drug-likeness (QED) is 0.848. The summed E-state index contributed by atoms with van der Waals surface area (Å²) in [4.78, 5) is 13.9. The van der Waals surface area contributed by atoms with E-state index in [-0.39, 0.29) is 12.1 Å². The summed E-state index contributed by atoms with van der Waals surface area (Å²) in [6.45, 7) is 2.83. The second kappa shape index (κ2) is 8.28. The van der Waals surface area contributed by atoms with Crippen molar-refractivity contribution < 1.29 is 14.6 Å². The minimum atomic E-state index is -0.373. The van der Waals surface area contributed by atoms with Crippen molar-refractivity contribution >= 4 is 5.97 Å². The minimum absolute atomic E-state index is 0.303. The number of rotatable bonds is 5. The zero-order valence-electron chi connectivity index (χ0n) is 14.6. The molecule has 0 amide bonds. The minimum Gasteiger partial charge on any atom is -0.465 e. The predicted molar refractivity (Wildman–Crippen MR) is 97.2 cm³/mol. The number of hydrogen-bond donors (Lipinski definition) is 1. The van der Waals surface area contributed by atoms with Crippen LogP contribution in [0.3, 0.4) is 0 Å². The average molecular weight is 339 g/mol. The summed E-state index contributed by atoms with van der Waals surface area (Å²) < 4.78 is 4.72. The Labute approximate surface area is 149 Å². The molecule has 1 atom stereocenters. The molecule has 1 aliphatic rings. The number of carbonyl (C=O) groups is 1. The zero-order valence-corrected chi connectivity index (χ0v) is 14.6. The Bertz CT molecular complexity index is 676. The standard InChI is InChI=1S/C21H25NO3/c1-25-21(24)19-9-7-16(8-10-19)15-22-13-11-18(12-14-22)20(23)17-5-3-2-4-6-17/h2-10,18,20,23H,11-15H2,1H3/t20-/m0/s1. The topological polar surface area (TPSA) is 49.8 Å². The maximum atomic E-state index is 11.5. The number of piperidine rings is 1. The van der Waals surface area contributed by atoms with E-state index >= 15 is 0 Å². The number of benzene rings is 2. The van der Waals surface area contributed by atoms with Gasteiger partial charge in [-0.25, -0.2) is 4.79 Å². The van der Waals surface area contributed by atoms with Gasteiger partial charge in [0.05, 0.1) is 18.8 Å². The van der Waals surface area contributed by atoms with Crippen LogP contribution in [0.2, 0.25) is 0 Å². The number of aliphatic hydroxyl groups excluding tert-OH is 1. The molecule has 132 valence electrons. The lowest BCUT2D eigenvalue weighted by Gasteiger charge is -2.34. The van der Waals surface area contributed by atoms with Crippen LogP contribution < -0.4 is 0 Å². The van der Waals surface area contributed by atoms with Gasteiger partial charge in [-0.1, -0.05) is 42.5 Å². The summed E-state index contributed by atoms with van der Waals surface area (Å²) >= 11 is 0. The molecule has 25 heavy (non-hydrogen) atoms. The highest BCUT2D eigenvalue weighted by atomic mass is 16.5. The highest BCUT2D eigenvalue weighted by molar-refractivity contribution is 5.89. The van der Waals surface area contributed by atoms with Gasteiger partial charge in [-0.3, -0.25) is 4.90 Å². The molecule has 4 nitrogen and oxygen atoms in total. The van der Waals surface area contributed by atoms with Crippen molar-refractivity contribution in [1.82, 2.24) is 4.90 Å². The first kappa shape index (κ1) is 17.6. The molecule has 2 aromatic rings. The Hall–Kier alpha value is -2.17. The molecule has 0 aromatic heterocycles. The summed E-state index contributed by atoms with van der Waals surface area (Å²) in [5, 5.41) is 10.6. The molecule has 1 fully saturated rings. The number of ether oxygens (including phenoxy) is 1. The van der Waals surface area contributed by atoms with Crippen molar-refractivity contribution in [1.29, 1.82) is 0 Å². The lowest BCUT2D eigenvalue weighted by Crippen LogP contribution is -2.35. The monoisotopic (exact) mass is 339 g/mol. The van der Waals surface area contributed by atoms with Crippen molar-refractivity contribution in [2.75, 3.05) is 20.2 Å². The van der Waals surface area contributed by atoms with Crippen LogP contribution in [-0.4, -0.2) is 36.2 Å². The van der Waals surface area contributed by atoms with Gasteiger partial charge in [0.1, 0.15) is 0 Å². The number of nitrogens with zero attached hydrogens (tertiary/aromatic N) is 1. The first-order valence-corrected chi connectivity index (χ1v) is 8.80. The molecule has 0 radical (unpaired) electrons. The molecule has 0 aliphatic carbocycles. The van der Waals surface area contributed by atoms with Gasteiger partial charge >= 0.3 is 5.97 Å². The van der Waals surface area contributed by atoms with Crippen molar-refractivity contribution in [3.8, 4) is 0 Å². The zero-order chi connectivity index (χ0) is 17.6. The first-order chi connectivity index (χ1) is 12.2. The van der Waals surface area contributed by atoms with Crippen LogP contribution in [0.25, 0.3) is 0 Å². The Morgan fingerprint density at radius 2 is 1.76 bits per heavy atom. The normalized spacial score (nSPS) is 17.2. The molecule has 1 heterocycles. The van der Waals surface area contributed by atoms with Crippen LogP contribution in [0.5, 0.6) is 0 Å². The van der Waals surface area contributed by atoms with Gasteiger partial charge in [-0.2, -0.15) is 0 Å². The number of carbonyl (C=O) groups excluding carboxylic acids is 1. The van der Waals surface area contributed by atoms with Crippen LogP contribution in [0.4, 0.5) is 0 Å². The van der Waals surface area contributed by atoms with E-state index in [9.17, 15) is 9.90 Å². The number of aliphatic hydroxyl groups is 1. The number of methoxy groups -OCH3 is 1. The summed E-state index contributed by atoms with van der Waals surface area (Å²) in [5.74, 6) is 0.0163. The van der Waals surface area contributed by atoms with Crippen LogP contribution in [0.1, 0.15) is 40.4 Å². The maximum Gasteiger partial charge on any atom is 0.337 e. The molecular formula is C21H25NO3. The molecule has 4 heteroatoms. The number of hydrogen-bond acceptors (Lipinski definition) is 4. The van der Waals surface area contributed by atoms with E-state index in [4.69, 9.17) is 4.74 Å². The van der Waals surface area contributed by atoms with Gasteiger partial charge in [-0.05, 0) is 55.1 Å². The predicted octanol–water partition coefficient (Wildman–Crippen LogP) is 3.42. The summed E-state index contributed by atoms with van der Waals surface area (Å²) in [7, 11) is 1.39. The van der Waals surface area contributed by atoms with Gasteiger partial charge in [0.2, 0.25) is 0 Å². The molecule has 2 aromatic carbocycles. The fraction of sp³-hybridized carbons (Fsp3) is 0.381. The van der Waals surface area contributed by atoms with Crippen molar-refractivity contribution in [3.05, 3.63) is 71.3 Å². The fourth-order valence-corrected chi connectivity index (χ4v) is 3.47. The summed E-state index contributed by atoms with van der Waals surface area (Å²) in [6.07, 6.45) is 1.62. The Kier molecular flexibility index (Phi) is 5.84. The van der Waals surface area contributed by atoms with Gasteiger partial charge < -0.3 is 9.84 Å². The van der Waals surface area contributed by atoms with Crippen LogP contribution in [0.15, 0.2) is 54.6 Å². The molecule has 3 rings (SSSR count). The van der Waals surface area contributed by atoms with Crippen molar-refractivity contribution in [2.24, 2.45) is 5.92 Å². The first-order valence-electron chi connectivity index (χ1n) is 8.80. The lowest BCUT2D eigenvalue weighted by molar-refractivity contribution is 0.0568. The summed E-state index contributed by atoms with van der Waals surface area (Å²) in [6, 6.07) is 17.5. The second-order valence-corrected chi connectivity index (χ2v) is 6.66. The van der Waals surface area contributed by atoms with E-state index in [1.165, 1.54) is 12.7 Å². The molecular weight excluding hydrogens is 314 g/mol. The van der Waals surface area contributed by atoms with E-state index in [1.54, 1.807) is 0 Å². The molecule has 1 aliphatic heterocycles. The summed E-state index contributed by atoms with van der Waals surface area (Å²) in [5.41, 5.74) is 2.78. The van der Waals surface area contributed by atoms with Gasteiger partial charge in [0.25, 0.3) is 0 Å². The van der Waals surface area contributed by atoms with Gasteiger partial charge in [-0.15, -0.1) is 0 Å².